The van der Waals surface area contributed by atoms with E-state index in [0.29, 0.717) is 71.0 Å². The van der Waals surface area contributed by atoms with E-state index in [1.807, 2.05) is 24.3 Å². The van der Waals surface area contributed by atoms with Crippen molar-refractivity contribution in [3.05, 3.63) is 130 Å². The van der Waals surface area contributed by atoms with E-state index in [-0.39, 0.29) is 0 Å². The Bertz CT molecular complexity index is 2720. The van der Waals surface area contributed by atoms with Gasteiger partial charge in [-0.25, -0.2) is 30.0 Å². The number of benzene rings is 4. The van der Waals surface area contributed by atoms with Gasteiger partial charge < -0.3 is 8.85 Å². The molecule has 6 heterocycles. The zero-order valence-corrected chi connectivity index (χ0v) is 32.8. The highest BCUT2D eigenvalue weighted by molar-refractivity contribution is 6.66. The molecule has 11 heteroatoms. The molecule has 2 fully saturated rings. The van der Waals surface area contributed by atoms with Crippen LogP contribution in [0.1, 0.15) is 86.5 Å². The summed E-state index contributed by atoms with van der Waals surface area (Å²) in [4.78, 5) is 32.7. The zero-order chi connectivity index (χ0) is 37.5. The first kappa shape index (κ1) is 33.5. The van der Waals surface area contributed by atoms with Gasteiger partial charge in [-0.3, -0.25) is 8.47 Å². The second-order valence-corrected chi connectivity index (χ2v) is 18.9. The van der Waals surface area contributed by atoms with Gasteiger partial charge in [-0.2, -0.15) is 0 Å². The maximum Gasteiger partial charge on any atom is 0.603 e. The maximum atomic E-state index is 7.84. The second-order valence-electron chi connectivity index (χ2n) is 16.3. The fraction of sp³-hybridized carbons (Fsp3) is 0.304. The molecule has 6 aliphatic rings. The summed E-state index contributed by atoms with van der Waals surface area (Å²) in [5.74, 6) is 4.69. The van der Waals surface area contributed by atoms with Crippen molar-refractivity contribution >= 4 is 65.4 Å². The van der Waals surface area contributed by atoms with Crippen molar-refractivity contribution in [2.24, 2.45) is 41.8 Å². The minimum Gasteiger partial charge on any atom is -0.361 e. The predicted octanol–water partition coefficient (Wildman–Crippen LogP) is 8.57. The van der Waals surface area contributed by atoms with Gasteiger partial charge in [0.15, 0.2) is 23.3 Å². The van der Waals surface area contributed by atoms with Crippen LogP contribution < -0.4 is 11.0 Å². The minimum absolute atomic E-state index is 0.402. The number of fused-ring (bicyclic) bond motifs is 14. The van der Waals surface area contributed by atoms with Crippen molar-refractivity contribution in [1.29, 1.82) is 0 Å². The number of aliphatic imine (C=N–C) groups is 4. The average molecular weight is 767 g/mol. The molecule has 2 aliphatic carbocycles. The van der Waals surface area contributed by atoms with E-state index in [4.69, 9.17) is 38.8 Å². The van der Waals surface area contributed by atoms with Gasteiger partial charge in [-0.1, -0.05) is 136 Å². The number of rotatable bonds is 6. The molecule has 2 saturated carbocycles. The van der Waals surface area contributed by atoms with Gasteiger partial charge in [0.25, 0.3) is 0 Å². The lowest BCUT2D eigenvalue weighted by Crippen LogP contribution is -2.64. The third kappa shape index (κ3) is 5.21. The molecule has 0 spiro atoms. The minimum atomic E-state index is -4.06. The Balaban J connectivity index is 1.29. The molecule has 282 valence electrons. The zero-order valence-electron chi connectivity index (χ0n) is 31.8. The van der Waals surface area contributed by atoms with E-state index in [9.17, 15) is 0 Å². The summed E-state index contributed by atoms with van der Waals surface area (Å²) < 4.78 is 20.2. The summed E-state index contributed by atoms with van der Waals surface area (Å²) in [5, 5.41) is 3.81. The van der Waals surface area contributed by atoms with E-state index < -0.39 is 8.88 Å². The third-order valence-electron chi connectivity index (χ3n) is 12.8. The summed E-state index contributed by atoms with van der Waals surface area (Å²) in [6, 6.07) is 33.5. The van der Waals surface area contributed by atoms with E-state index >= 15 is 0 Å². The maximum absolute atomic E-state index is 7.84. The summed E-state index contributed by atoms with van der Waals surface area (Å²) in [6.45, 7) is 1.10. The average Bonchev–Trinajstić information content (AvgIpc) is 3.98. The van der Waals surface area contributed by atoms with Crippen LogP contribution in [0.4, 0.5) is 11.6 Å². The SMILES string of the molecule is c1ccc2c(c1)C1=NC/2=N\c2c3ccccc3c3n2[Si](OCC2CCCCC2)(OCC2CCCCC2)n2/c(c4ccccc4/c2=N/C2=NC(=N\3)/c3ccccc32)=N\1. The molecule has 0 atom stereocenters. The lowest BCUT2D eigenvalue weighted by atomic mass is 9.90. The molecule has 0 radical (unpaired) electrons. The summed E-state index contributed by atoms with van der Waals surface area (Å²) in [7, 11) is -4.06. The van der Waals surface area contributed by atoms with E-state index in [0.717, 1.165) is 69.5 Å². The molecule has 10 nitrogen and oxygen atoms in total. The monoisotopic (exact) mass is 766 g/mol. The molecule has 6 bridgehead atoms. The first-order valence-corrected chi connectivity index (χ1v) is 22.5. The van der Waals surface area contributed by atoms with Crippen LogP contribution in [-0.2, 0) is 8.85 Å². The highest BCUT2D eigenvalue weighted by atomic mass is 28.4. The van der Waals surface area contributed by atoms with Crippen LogP contribution in [0.3, 0.4) is 0 Å². The van der Waals surface area contributed by atoms with E-state index in [1.54, 1.807) is 0 Å². The quantitative estimate of drug-likeness (QED) is 0.159. The van der Waals surface area contributed by atoms with Gasteiger partial charge in [0.1, 0.15) is 22.6 Å². The highest BCUT2D eigenvalue weighted by Gasteiger charge is 2.53. The number of nitrogens with zero attached hydrogens (tertiary/aromatic N) is 8. The molecular weight excluding hydrogens is 725 g/mol. The largest absolute Gasteiger partial charge is 0.603 e. The van der Waals surface area contributed by atoms with Crippen molar-refractivity contribution in [2.45, 2.75) is 64.2 Å². The molecule has 0 unspecified atom stereocenters. The van der Waals surface area contributed by atoms with Crippen LogP contribution in [0.25, 0.3) is 21.5 Å². The topological polar surface area (TPSA) is 102 Å². The molecule has 2 aromatic heterocycles. The van der Waals surface area contributed by atoms with E-state index in [1.165, 1.54) is 38.5 Å². The van der Waals surface area contributed by atoms with Crippen LogP contribution in [-0.4, -0.2) is 53.9 Å². The first-order chi connectivity index (χ1) is 28.2. The van der Waals surface area contributed by atoms with Gasteiger partial charge >= 0.3 is 8.88 Å². The number of hydrogen-bond acceptors (Lipinski definition) is 8. The number of amidine groups is 4. The summed E-state index contributed by atoms with van der Waals surface area (Å²) >= 11 is 0. The molecule has 4 aliphatic heterocycles. The Morgan fingerprint density at radius 1 is 0.421 bits per heavy atom. The Kier molecular flexibility index (Phi) is 7.77. The van der Waals surface area contributed by atoms with Gasteiger partial charge in [0.05, 0.1) is 0 Å². The van der Waals surface area contributed by atoms with Crippen molar-refractivity contribution in [2.75, 3.05) is 13.2 Å². The predicted molar refractivity (Wildman–Crippen MR) is 226 cm³/mol. The van der Waals surface area contributed by atoms with Crippen molar-refractivity contribution in [1.82, 2.24) is 8.47 Å². The lowest BCUT2D eigenvalue weighted by molar-refractivity contribution is 0.0935. The van der Waals surface area contributed by atoms with Crippen molar-refractivity contribution in [3.8, 4) is 0 Å². The molecule has 0 saturated heterocycles. The lowest BCUT2D eigenvalue weighted by Gasteiger charge is -2.36. The molecule has 12 rings (SSSR count). The van der Waals surface area contributed by atoms with Crippen LogP contribution >= 0.6 is 0 Å². The van der Waals surface area contributed by atoms with Crippen LogP contribution in [0, 0.1) is 11.8 Å². The molecule has 4 aromatic carbocycles. The third-order valence-corrected chi connectivity index (χ3v) is 15.8. The molecule has 0 N–H and O–H groups in total. The van der Waals surface area contributed by atoms with Gasteiger partial charge in [0, 0.05) is 57.0 Å². The van der Waals surface area contributed by atoms with Crippen LogP contribution in [0.15, 0.2) is 127 Å². The standard InChI is InChI=1S/C46H42N8O2Si/c1-3-15-29(16-4-1)27-55-57(56-28-30-17-5-2-6-18-30)53-43-35-23-11-12-24-36(35)45(53)51-41-33-21-9-10-22-34(33)42(48-41)52-46-38-26-14-13-25-37(38)44(54(46)57)50-40-32-20-8-7-19-31(32)39(47-40)49-43/h7-14,19-26,29-30H,1-6,15-18,27-28H2/b49-39-,49-43?,50-40?,50-44-,51-41-,51-45?,52-42?,52-46-. The second kappa shape index (κ2) is 13.2. The fourth-order valence-electron chi connectivity index (χ4n) is 9.89. The highest BCUT2D eigenvalue weighted by Crippen LogP contribution is 2.44. The Morgan fingerprint density at radius 2 is 0.789 bits per heavy atom. The van der Waals surface area contributed by atoms with Crippen molar-refractivity contribution < 1.29 is 8.85 Å². The Hall–Kier alpha value is -5.62. The van der Waals surface area contributed by atoms with Gasteiger partial charge in [-0.05, 0) is 37.5 Å². The van der Waals surface area contributed by atoms with Gasteiger partial charge in [-0.15, -0.1) is 0 Å². The van der Waals surface area contributed by atoms with Crippen LogP contribution in [0.2, 0.25) is 0 Å². The Labute approximate surface area is 331 Å². The van der Waals surface area contributed by atoms with Crippen LogP contribution in [0.5, 0.6) is 0 Å². The smallest absolute Gasteiger partial charge is 0.361 e. The number of aromatic nitrogens is 2. The van der Waals surface area contributed by atoms with Gasteiger partial charge in [0.2, 0.25) is 0 Å². The Morgan fingerprint density at radius 3 is 1.21 bits per heavy atom. The summed E-state index contributed by atoms with van der Waals surface area (Å²) in [6.07, 6.45) is 11.9. The molecular formula is C46H42N8O2Si. The molecule has 0 amide bonds. The molecule has 6 aromatic rings. The first-order valence-electron chi connectivity index (χ1n) is 20.8. The fourth-order valence-corrected chi connectivity index (χ4v) is 13.4. The summed E-state index contributed by atoms with van der Waals surface area (Å²) in [5.41, 5.74) is 5.19. The van der Waals surface area contributed by atoms with Crippen molar-refractivity contribution in [3.63, 3.8) is 0 Å². The molecule has 57 heavy (non-hydrogen) atoms. The number of hydrogen-bond donors (Lipinski definition) is 0. The normalized spacial score (nSPS) is 22.5. The van der Waals surface area contributed by atoms with E-state index in [2.05, 4.69) is 81.3 Å².